The van der Waals surface area contributed by atoms with Crippen LogP contribution in [0.3, 0.4) is 0 Å². The molecule has 3 aliphatic rings. The van der Waals surface area contributed by atoms with E-state index in [1.165, 1.54) is 25.7 Å². The molecule has 144 valence electrons. The van der Waals surface area contributed by atoms with Crippen molar-refractivity contribution in [3.63, 3.8) is 0 Å². The predicted octanol–water partition coefficient (Wildman–Crippen LogP) is 2.32. The zero-order valence-corrected chi connectivity index (χ0v) is 17.6. The fourth-order valence-electron chi connectivity index (χ4n) is 4.10. The van der Waals surface area contributed by atoms with Crippen LogP contribution in [0.1, 0.15) is 64.7 Å². The number of carbonyl (C=O) groups is 1. The summed E-state index contributed by atoms with van der Waals surface area (Å²) in [6.45, 7) is 3.40. The van der Waals surface area contributed by atoms with E-state index in [0.717, 1.165) is 38.2 Å². The van der Waals surface area contributed by atoms with Gasteiger partial charge in [0.05, 0.1) is 24.8 Å². The number of hydrogen-bond acceptors (Lipinski definition) is 3. The second kappa shape index (κ2) is 10.5. The smallest absolute Gasteiger partial charge is 0.222 e. The first-order valence-electron chi connectivity index (χ1n) is 9.74. The maximum Gasteiger partial charge on any atom is 0.222 e. The van der Waals surface area contributed by atoms with E-state index >= 15 is 0 Å². The summed E-state index contributed by atoms with van der Waals surface area (Å²) in [6, 6.07) is 0.741. The molecule has 2 saturated heterocycles. The van der Waals surface area contributed by atoms with Crippen LogP contribution in [-0.2, 0) is 9.53 Å². The number of nitrogens with zero attached hydrogens (tertiary/aromatic N) is 1. The molecule has 3 fully saturated rings. The van der Waals surface area contributed by atoms with Gasteiger partial charge in [-0.05, 0) is 39.0 Å². The van der Waals surface area contributed by atoms with Crippen molar-refractivity contribution in [2.24, 2.45) is 4.99 Å². The van der Waals surface area contributed by atoms with Gasteiger partial charge in [0.15, 0.2) is 5.96 Å². The number of hydrogen-bond donors (Lipinski definition) is 3. The maximum atomic E-state index is 12.1. The first kappa shape index (κ1) is 20.7. The van der Waals surface area contributed by atoms with Crippen LogP contribution in [0.2, 0.25) is 0 Å². The predicted molar refractivity (Wildman–Crippen MR) is 110 cm³/mol. The highest BCUT2D eigenvalue weighted by Gasteiger charge is 2.41. The van der Waals surface area contributed by atoms with Crippen LogP contribution in [-0.4, -0.2) is 49.2 Å². The molecular formula is C18H33IN4O2. The zero-order chi connectivity index (χ0) is 16.8. The number of amides is 1. The van der Waals surface area contributed by atoms with Gasteiger partial charge in [-0.25, -0.2) is 0 Å². The Morgan fingerprint density at radius 3 is 2.56 bits per heavy atom. The van der Waals surface area contributed by atoms with Crippen molar-refractivity contribution >= 4 is 35.8 Å². The molecule has 7 heteroatoms. The highest BCUT2D eigenvalue weighted by Crippen LogP contribution is 2.34. The number of guanidine groups is 1. The zero-order valence-electron chi connectivity index (χ0n) is 15.3. The van der Waals surface area contributed by atoms with Crippen LogP contribution in [0.25, 0.3) is 0 Å². The number of carbonyl (C=O) groups excluding carboxylic acids is 1. The number of halogens is 1. The summed E-state index contributed by atoms with van der Waals surface area (Å²) in [5.41, 5.74) is 0. The molecular weight excluding hydrogens is 431 g/mol. The monoisotopic (exact) mass is 464 g/mol. The third-order valence-corrected chi connectivity index (χ3v) is 5.35. The molecule has 6 nitrogen and oxygen atoms in total. The van der Waals surface area contributed by atoms with Crippen LogP contribution in [0.15, 0.2) is 4.99 Å². The first-order valence-corrected chi connectivity index (χ1v) is 9.74. The van der Waals surface area contributed by atoms with Gasteiger partial charge in [-0.2, -0.15) is 0 Å². The Morgan fingerprint density at radius 2 is 1.92 bits per heavy atom. The Balaban J connectivity index is 0.00000225. The molecule has 2 bridgehead atoms. The highest BCUT2D eigenvalue weighted by atomic mass is 127. The van der Waals surface area contributed by atoms with Crippen molar-refractivity contribution in [3.05, 3.63) is 0 Å². The minimum Gasteiger partial charge on any atom is -0.373 e. The topological polar surface area (TPSA) is 74.8 Å². The van der Waals surface area contributed by atoms with E-state index in [4.69, 9.17) is 4.74 Å². The molecule has 3 unspecified atom stereocenters. The summed E-state index contributed by atoms with van der Waals surface area (Å²) in [5.74, 6) is 0.939. The van der Waals surface area contributed by atoms with Gasteiger partial charge in [0.2, 0.25) is 5.91 Å². The third kappa shape index (κ3) is 6.27. The molecule has 25 heavy (non-hydrogen) atoms. The Labute approximate surface area is 168 Å². The number of fused-ring (bicyclic) bond motifs is 2. The van der Waals surface area contributed by atoms with Crippen LogP contribution >= 0.6 is 24.0 Å². The summed E-state index contributed by atoms with van der Waals surface area (Å²) in [7, 11) is 0. The average Bonchev–Trinajstić information content (AvgIpc) is 3.19. The molecule has 0 aromatic heterocycles. The van der Waals surface area contributed by atoms with Gasteiger partial charge in [-0.1, -0.05) is 19.3 Å². The standard InChI is InChI=1S/C18H32N4O2.HI/c1-2-19-18(22-15-12-14-8-9-16(15)24-14)20-11-10-17(23)21-13-6-4-3-5-7-13;/h13-16H,2-12H2,1H3,(H,21,23)(H2,19,20,22);1H. The van der Waals surface area contributed by atoms with Crippen LogP contribution in [0.5, 0.6) is 0 Å². The molecule has 2 aliphatic heterocycles. The fourth-order valence-corrected chi connectivity index (χ4v) is 4.10. The lowest BCUT2D eigenvalue weighted by molar-refractivity contribution is -0.121. The largest absolute Gasteiger partial charge is 0.373 e. The van der Waals surface area contributed by atoms with Crippen molar-refractivity contribution in [2.75, 3.05) is 13.1 Å². The summed E-state index contributed by atoms with van der Waals surface area (Å²) >= 11 is 0. The van der Waals surface area contributed by atoms with Crippen molar-refractivity contribution in [2.45, 2.75) is 89.0 Å². The van der Waals surface area contributed by atoms with Crippen molar-refractivity contribution in [1.82, 2.24) is 16.0 Å². The first-order chi connectivity index (χ1) is 11.7. The number of aliphatic imine (C=N–C) groups is 1. The van der Waals surface area contributed by atoms with E-state index in [0.29, 0.717) is 37.3 Å². The van der Waals surface area contributed by atoms with Crippen LogP contribution < -0.4 is 16.0 Å². The van der Waals surface area contributed by atoms with E-state index in [1.807, 2.05) is 0 Å². The normalized spacial score (nSPS) is 29.2. The van der Waals surface area contributed by atoms with Crippen molar-refractivity contribution in [3.8, 4) is 0 Å². The van der Waals surface area contributed by atoms with E-state index in [9.17, 15) is 4.79 Å². The van der Waals surface area contributed by atoms with E-state index in [1.54, 1.807) is 0 Å². The van der Waals surface area contributed by atoms with Gasteiger partial charge >= 0.3 is 0 Å². The molecule has 0 aromatic carbocycles. The Kier molecular flexibility index (Phi) is 8.75. The van der Waals surface area contributed by atoms with Gasteiger partial charge in [0.25, 0.3) is 0 Å². The van der Waals surface area contributed by atoms with Crippen LogP contribution in [0.4, 0.5) is 0 Å². The summed E-state index contributed by atoms with van der Waals surface area (Å²) in [6.07, 6.45) is 10.7. The van der Waals surface area contributed by atoms with Gasteiger partial charge in [0, 0.05) is 19.0 Å². The average molecular weight is 464 g/mol. The molecule has 0 aromatic rings. The molecule has 3 atom stereocenters. The van der Waals surface area contributed by atoms with Crippen molar-refractivity contribution < 1.29 is 9.53 Å². The molecule has 1 saturated carbocycles. The minimum absolute atomic E-state index is 0. The van der Waals surface area contributed by atoms with Gasteiger partial charge in [0.1, 0.15) is 0 Å². The fraction of sp³-hybridized carbons (Fsp3) is 0.889. The molecule has 0 spiro atoms. The van der Waals surface area contributed by atoms with E-state index in [-0.39, 0.29) is 29.9 Å². The highest BCUT2D eigenvalue weighted by molar-refractivity contribution is 14.0. The molecule has 3 N–H and O–H groups in total. The Hall–Kier alpha value is -0.570. The van der Waals surface area contributed by atoms with E-state index in [2.05, 4.69) is 27.9 Å². The molecule has 3 rings (SSSR count). The Morgan fingerprint density at radius 1 is 1.12 bits per heavy atom. The molecule has 1 aliphatic carbocycles. The number of ether oxygens (including phenoxy) is 1. The SMILES string of the molecule is CCNC(=NCCC(=O)NC1CCCCC1)NC1CC2CCC1O2.I. The quantitative estimate of drug-likeness (QED) is 0.321. The summed E-state index contributed by atoms with van der Waals surface area (Å²) < 4.78 is 5.88. The molecule has 1 amide bonds. The lowest BCUT2D eigenvalue weighted by atomic mass is 9.95. The molecule has 2 heterocycles. The van der Waals surface area contributed by atoms with Crippen LogP contribution in [0, 0.1) is 0 Å². The molecule has 0 radical (unpaired) electrons. The Bertz CT molecular complexity index is 454. The third-order valence-electron chi connectivity index (χ3n) is 5.35. The van der Waals surface area contributed by atoms with Gasteiger partial charge in [-0.3, -0.25) is 9.79 Å². The maximum absolute atomic E-state index is 12.1. The number of rotatable bonds is 6. The van der Waals surface area contributed by atoms with Gasteiger partial charge < -0.3 is 20.7 Å². The lowest BCUT2D eigenvalue weighted by Crippen LogP contribution is -2.47. The van der Waals surface area contributed by atoms with Gasteiger partial charge in [-0.15, -0.1) is 24.0 Å². The summed E-state index contributed by atoms with van der Waals surface area (Å²) in [5, 5.41) is 9.91. The second-order valence-electron chi connectivity index (χ2n) is 7.27. The minimum atomic E-state index is 0. The lowest BCUT2D eigenvalue weighted by Gasteiger charge is -2.23. The second-order valence-corrected chi connectivity index (χ2v) is 7.27. The van der Waals surface area contributed by atoms with Crippen molar-refractivity contribution in [1.29, 1.82) is 0 Å². The van der Waals surface area contributed by atoms with E-state index < -0.39 is 0 Å². The number of nitrogens with one attached hydrogen (secondary N) is 3. The summed E-state index contributed by atoms with van der Waals surface area (Å²) in [4.78, 5) is 16.6.